The summed E-state index contributed by atoms with van der Waals surface area (Å²) in [5, 5.41) is 4.05. The zero-order chi connectivity index (χ0) is 21.0. The Morgan fingerprint density at radius 1 is 0.933 bits per heavy atom. The Bertz CT molecular complexity index is 939. The zero-order valence-corrected chi connectivity index (χ0v) is 17.9. The highest BCUT2D eigenvalue weighted by Gasteiger charge is 2.04. The Kier molecular flexibility index (Phi) is 8.54. The molecule has 0 saturated heterocycles. The molecule has 0 spiro atoms. The van der Waals surface area contributed by atoms with Crippen LogP contribution in [0.5, 0.6) is 5.75 Å². The number of benzene rings is 3. The maximum Gasteiger partial charge on any atom is 0.271 e. The number of thioether (sulfide) groups is 1. The summed E-state index contributed by atoms with van der Waals surface area (Å²) in [5.74, 6) is 2.49. The van der Waals surface area contributed by atoms with Gasteiger partial charge in [-0.2, -0.15) is 16.9 Å². The third kappa shape index (κ3) is 7.08. The second kappa shape index (κ2) is 11.8. The van der Waals surface area contributed by atoms with E-state index < -0.39 is 0 Å². The van der Waals surface area contributed by atoms with Crippen molar-refractivity contribution in [3.8, 4) is 5.75 Å². The lowest BCUT2D eigenvalue weighted by Gasteiger charge is -2.05. The van der Waals surface area contributed by atoms with Crippen LogP contribution in [0.1, 0.15) is 40.4 Å². The number of carbonyl (C=O) groups excluding carboxylic acids is 1. The van der Waals surface area contributed by atoms with Crippen LogP contribution in [0.2, 0.25) is 0 Å². The number of ether oxygens (including phenoxy) is 1. The summed E-state index contributed by atoms with van der Waals surface area (Å²) in [6.07, 6.45) is 2.60. The molecule has 0 fully saturated rings. The molecule has 1 N–H and O–H groups in total. The lowest BCUT2D eigenvalue weighted by Crippen LogP contribution is -2.17. The first kappa shape index (κ1) is 21.7. The van der Waals surface area contributed by atoms with E-state index in [1.807, 2.05) is 66.4 Å². The molecule has 0 bridgehead atoms. The molecule has 0 aliphatic heterocycles. The van der Waals surface area contributed by atoms with Gasteiger partial charge in [0, 0.05) is 17.1 Å². The minimum absolute atomic E-state index is 0.224. The van der Waals surface area contributed by atoms with Crippen LogP contribution < -0.4 is 10.2 Å². The van der Waals surface area contributed by atoms with Crippen molar-refractivity contribution >= 4 is 23.9 Å². The van der Waals surface area contributed by atoms with E-state index in [4.69, 9.17) is 4.74 Å². The van der Waals surface area contributed by atoms with Gasteiger partial charge in [0.15, 0.2) is 0 Å². The molecule has 154 valence electrons. The van der Waals surface area contributed by atoms with Crippen molar-refractivity contribution < 1.29 is 9.53 Å². The van der Waals surface area contributed by atoms with Crippen LogP contribution in [0.4, 0.5) is 0 Å². The van der Waals surface area contributed by atoms with Gasteiger partial charge in [-0.25, -0.2) is 5.43 Å². The maximum absolute atomic E-state index is 12.3. The van der Waals surface area contributed by atoms with E-state index in [9.17, 15) is 4.79 Å². The second-order valence-electron chi connectivity index (χ2n) is 6.79. The molecule has 0 atom stereocenters. The number of rotatable bonds is 10. The van der Waals surface area contributed by atoms with Crippen LogP contribution >= 0.6 is 11.8 Å². The van der Waals surface area contributed by atoms with E-state index in [0.29, 0.717) is 12.2 Å². The van der Waals surface area contributed by atoms with Crippen molar-refractivity contribution in [2.24, 2.45) is 5.10 Å². The van der Waals surface area contributed by atoms with Crippen molar-refractivity contribution in [3.05, 3.63) is 101 Å². The largest absolute Gasteiger partial charge is 0.494 e. The molecule has 0 aromatic heterocycles. The van der Waals surface area contributed by atoms with E-state index in [1.165, 1.54) is 11.1 Å². The summed E-state index contributed by atoms with van der Waals surface area (Å²) < 4.78 is 5.55. The molecule has 0 aliphatic carbocycles. The van der Waals surface area contributed by atoms with Crippen molar-refractivity contribution in [2.45, 2.75) is 24.9 Å². The lowest BCUT2D eigenvalue weighted by molar-refractivity contribution is 0.0955. The first-order valence-corrected chi connectivity index (χ1v) is 11.2. The minimum atomic E-state index is -0.224. The molecule has 5 heteroatoms. The summed E-state index contributed by atoms with van der Waals surface area (Å²) in [6, 6.07) is 25.7. The van der Waals surface area contributed by atoms with Crippen LogP contribution in [-0.4, -0.2) is 18.7 Å². The van der Waals surface area contributed by atoms with Gasteiger partial charge >= 0.3 is 0 Å². The fourth-order valence-corrected chi connectivity index (χ4v) is 3.67. The number of hydrogen-bond donors (Lipinski definition) is 1. The highest BCUT2D eigenvalue weighted by Crippen LogP contribution is 2.18. The summed E-state index contributed by atoms with van der Waals surface area (Å²) in [5.41, 5.74) is 6.57. The third-order valence-corrected chi connectivity index (χ3v) is 5.40. The maximum atomic E-state index is 12.3. The Hall–Kier alpha value is -3.05. The Labute approximate surface area is 182 Å². The molecular formula is C25H26N2O2S. The predicted molar refractivity (Wildman–Crippen MR) is 125 cm³/mol. The highest BCUT2D eigenvalue weighted by atomic mass is 32.2. The van der Waals surface area contributed by atoms with E-state index in [1.54, 1.807) is 6.21 Å². The molecule has 3 aromatic carbocycles. The van der Waals surface area contributed by atoms with E-state index in [0.717, 1.165) is 29.2 Å². The summed E-state index contributed by atoms with van der Waals surface area (Å²) in [4.78, 5) is 12.3. The average Bonchev–Trinajstić information content (AvgIpc) is 2.79. The van der Waals surface area contributed by atoms with Gasteiger partial charge in [-0.3, -0.25) is 4.79 Å². The van der Waals surface area contributed by atoms with Gasteiger partial charge in [-0.1, -0.05) is 49.4 Å². The van der Waals surface area contributed by atoms with Crippen molar-refractivity contribution in [2.75, 3.05) is 6.61 Å². The summed E-state index contributed by atoms with van der Waals surface area (Å²) >= 11 is 1.86. The average molecular weight is 419 g/mol. The minimum Gasteiger partial charge on any atom is -0.494 e. The summed E-state index contributed by atoms with van der Waals surface area (Å²) in [7, 11) is 0. The van der Waals surface area contributed by atoms with Crippen molar-refractivity contribution in [3.63, 3.8) is 0 Å². The van der Waals surface area contributed by atoms with E-state index >= 15 is 0 Å². The number of nitrogens with zero attached hydrogens (tertiary/aromatic N) is 1. The first-order chi connectivity index (χ1) is 14.7. The molecule has 0 aliphatic rings. The van der Waals surface area contributed by atoms with Crippen LogP contribution in [-0.2, 0) is 11.5 Å². The van der Waals surface area contributed by atoms with Gasteiger partial charge < -0.3 is 4.74 Å². The Balaban J connectivity index is 1.44. The standard InChI is InChI=1S/C25H26N2O2S/c1-2-16-29-24-14-10-20(11-15-24)17-26-27-25(28)23-12-8-22(9-13-23)19-30-18-21-6-4-3-5-7-21/h3-15,17H,2,16,18-19H2,1H3,(H,27,28)/b26-17-. The summed E-state index contributed by atoms with van der Waals surface area (Å²) in [6.45, 7) is 2.77. The predicted octanol–water partition coefficient (Wildman–Crippen LogP) is 5.67. The van der Waals surface area contributed by atoms with Gasteiger partial charge in [0.2, 0.25) is 0 Å². The monoisotopic (exact) mass is 418 g/mol. The quantitative estimate of drug-likeness (QED) is 0.341. The fourth-order valence-electron chi connectivity index (χ4n) is 2.71. The molecule has 3 rings (SSSR count). The molecule has 0 heterocycles. The SMILES string of the molecule is CCCOc1ccc(/C=N\NC(=O)c2ccc(CSCc3ccccc3)cc2)cc1. The number of amides is 1. The normalized spacial score (nSPS) is 10.8. The topological polar surface area (TPSA) is 50.7 Å². The van der Waals surface area contributed by atoms with Crippen LogP contribution in [0.15, 0.2) is 84.0 Å². The number of nitrogens with one attached hydrogen (secondary N) is 1. The van der Waals surface area contributed by atoms with E-state index in [2.05, 4.69) is 41.7 Å². The number of carbonyl (C=O) groups is 1. The Morgan fingerprint density at radius 2 is 1.60 bits per heavy atom. The van der Waals surface area contributed by atoms with Crippen molar-refractivity contribution in [1.29, 1.82) is 0 Å². The van der Waals surface area contributed by atoms with Crippen LogP contribution in [0, 0.1) is 0 Å². The lowest BCUT2D eigenvalue weighted by atomic mass is 10.1. The third-order valence-electron chi connectivity index (χ3n) is 4.33. The molecular weight excluding hydrogens is 392 g/mol. The van der Waals surface area contributed by atoms with Crippen LogP contribution in [0.25, 0.3) is 0 Å². The molecule has 4 nitrogen and oxygen atoms in total. The first-order valence-electron chi connectivity index (χ1n) is 10.0. The molecule has 1 amide bonds. The van der Waals surface area contributed by atoms with Gasteiger partial charge in [0.05, 0.1) is 12.8 Å². The van der Waals surface area contributed by atoms with Gasteiger partial charge in [-0.05, 0) is 59.5 Å². The van der Waals surface area contributed by atoms with Gasteiger partial charge in [-0.15, -0.1) is 0 Å². The molecule has 0 radical (unpaired) electrons. The van der Waals surface area contributed by atoms with Gasteiger partial charge in [0.25, 0.3) is 5.91 Å². The van der Waals surface area contributed by atoms with Gasteiger partial charge in [0.1, 0.15) is 5.75 Å². The molecule has 30 heavy (non-hydrogen) atoms. The second-order valence-corrected chi connectivity index (χ2v) is 7.78. The highest BCUT2D eigenvalue weighted by molar-refractivity contribution is 7.97. The molecule has 3 aromatic rings. The Morgan fingerprint density at radius 3 is 2.27 bits per heavy atom. The number of hydrazone groups is 1. The zero-order valence-electron chi connectivity index (χ0n) is 17.1. The van der Waals surface area contributed by atoms with E-state index in [-0.39, 0.29) is 5.91 Å². The number of hydrogen-bond acceptors (Lipinski definition) is 4. The van der Waals surface area contributed by atoms with Crippen LogP contribution in [0.3, 0.4) is 0 Å². The van der Waals surface area contributed by atoms with Crippen molar-refractivity contribution in [1.82, 2.24) is 5.43 Å². The molecule has 0 saturated carbocycles. The fraction of sp³-hybridized carbons (Fsp3) is 0.200. The smallest absolute Gasteiger partial charge is 0.271 e. The molecule has 0 unspecified atom stereocenters.